The van der Waals surface area contributed by atoms with Crippen LogP contribution in [0.3, 0.4) is 0 Å². The van der Waals surface area contributed by atoms with Crippen LogP contribution in [0.25, 0.3) is 0 Å². The lowest BCUT2D eigenvalue weighted by Crippen LogP contribution is -2.23. The molecule has 98 valence electrons. The Morgan fingerprint density at radius 3 is 2.78 bits per heavy atom. The minimum absolute atomic E-state index is 0.0864. The van der Waals surface area contributed by atoms with Gasteiger partial charge in [-0.2, -0.15) is 5.26 Å². The molecule has 0 fully saturated rings. The third-order valence-corrected chi connectivity index (χ3v) is 3.33. The summed E-state index contributed by atoms with van der Waals surface area (Å²) in [4.78, 5) is 0. The fourth-order valence-corrected chi connectivity index (χ4v) is 2.00. The standard InChI is InChI=1S/C14H19BrN2O/c1-14(2,7-4-8-16)10-17-12-9-11(15)5-6-13(12)18-3/h5-6,9,17H,4,7,10H2,1-3H3. The van der Waals surface area contributed by atoms with Crippen molar-refractivity contribution in [2.45, 2.75) is 26.7 Å². The second kappa shape index (κ2) is 6.65. The Morgan fingerprint density at radius 1 is 1.44 bits per heavy atom. The second-order valence-corrected chi connectivity index (χ2v) is 5.94. The molecule has 0 radical (unpaired) electrons. The zero-order chi connectivity index (χ0) is 13.6. The van der Waals surface area contributed by atoms with Gasteiger partial charge in [0.2, 0.25) is 0 Å². The van der Waals surface area contributed by atoms with Gasteiger partial charge in [0.25, 0.3) is 0 Å². The molecule has 0 aliphatic rings. The highest BCUT2D eigenvalue weighted by atomic mass is 79.9. The van der Waals surface area contributed by atoms with Crippen LogP contribution in [-0.4, -0.2) is 13.7 Å². The minimum Gasteiger partial charge on any atom is -0.495 e. The number of nitrogens with one attached hydrogen (secondary N) is 1. The van der Waals surface area contributed by atoms with Gasteiger partial charge in [-0.05, 0) is 30.0 Å². The Kier molecular flexibility index (Phi) is 5.49. The van der Waals surface area contributed by atoms with Gasteiger partial charge in [-0.25, -0.2) is 0 Å². The average molecular weight is 311 g/mol. The van der Waals surface area contributed by atoms with Gasteiger partial charge >= 0.3 is 0 Å². The minimum atomic E-state index is 0.0864. The lowest BCUT2D eigenvalue weighted by Gasteiger charge is -2.25. The Bertz CT molecular complexity index is 438. The molecular weight excluding hydrogens is 292 g/mol. The number of methoxy groups -OCH3 is 1. The van der Waals surface area contributed by atoms with Crippen LogP contribution in [0.4, 0.5) is 5.69 Å². The zero-order valence-electron chi connectivity index (χ0n) is 11.1. The Hall–Kier alpha value is -1.21. The number of nitrogens with zero attached hydrogens (tertiary/aromatic N) is 1. The van der Waals surface area contributed by atoms with Crippen molar-refractivity contribution in [2.75, 3.05) is 19.0 Å². The van der Waals surface area contributed by atoms with E-state index in [1.54, 1.807) is 7.11 Å². The van der Waals surface area contributed by atoms with Crippen molar-refractivity contribution in [1.29, 1.82) is 5.26 Å². The summed E-state index contributed by atoms with van der Waals surface area (Å²) in [5, 5.41) is 12.0. The van der Waals surface area contributed by atoms with E-state index < -0.39 is 0 Å². The van der Waals surface area contributed by atoms with E-state index in [2.05, 4.69) is 41.2 Å². The molecule has 1 rings (SSSR count). The van der Waals surface area contributed by atoms with Crippen LogP contribution in [-0.2, 0) is 0 Å². The number of hydrogen-bond acceptors (Lipinski definition) is 3. The van der Waals surface area contributed by atoms with E-state index in [9.17, 15) is 0 Å². The molecule has 0 aromatic heterocycles. The summed E-state index contributed by atoms with van der Waals surface area (Å²) in [6.07, 6.45) is 1.47. The number of hydrogen-bond donors (Lipinski definition) is 1. The summed E-state index contributed by atoms with van der Waals surface area (Å²) in [6.45, 7) is 5.12. The molecule has 0 bridgehead atoms. The van der Waals surface area contributed by atoms with Crippen molar-refractivity contribution >= 4 is 21.6 Å². The van der Waals surface area contributed by atoms with Crippen molar-refractivity contribution in [1.82, 2.24) is 0 Å². The number of halogens is 1. The van der Waals surface area contributed by atoms with Crippen molar-refractivity contribution in [3.8, 4) is 11.8 Å². The van der Waals surface area contributed by atoms with E-state index in [0.717, 1.165) is 28.9 Å². The van der Waals surface area contributed by atoms with Gasteiger partial charge in [0.15, 0.2) is 0 Å². The largest absolute Gasteiger partial charge is 0.495 e. The lowest BCUT2D eigenvalue weighted by molar-refractivity contribution is 0.362. The molecule has 0 saturated heterocycles. The van der Waals surface area contributed by atoms with Crippen molar-refractivity contribution in [3.63, 3.8) is 0 Å². The summed E-state index contributed by atoms with van der Waals surface area (Å²) in [5.41, 5.74) is 1.06. The van der Waals surface area contributed by atoms with E-state index in [0.29, 0.717) is 6.42 Å². The fourth-order valence-electron chi connectivity index (χ4n) is 1.64. The molecule has 0 unspecified atom stereocenters. The van der Waals surface area contributed by atoms with Gasteiger partial charge in [-0.15, -0.1) is 0 Å². The van der Waals surface area contributed by atoms with Crippen LogP contribution >= 0.6 is 15.9 Å². The summed E-state index contributed by atoms with van der Waals surface area (Å²) < 4.78 is 6.33. The molecule has 3 nitrogen and oxygen atoms in total. The molecule has 1 N–H and O–H groups in total. The van der Waals surface area contributed by atoms with Gasteiger partial charge in [0, 0.05) is 17.4 Å². The SMILES string of the molecule is COc1ccc(Br)cc1NCC(C)(C)CCC#N. The number of rotatable bonds is 6. The van der Waals surface area contributed by atoms with Gasteiger partial charge in [-0.3, -0.25) is 0 Å². The van der Waals surface area contributed by atoms with Crippen molar-refractivity contribution in [3.05, 3.63) is 22.7 Å². The molecule has 0 saturated carbocycles. The van der Waals surface area contributed by atoms with E-state index in [4.69, 9.17) is 10.00 Å². The van der Waals surface area contributed by atoms with Crippen LogP contribution in [0.5, 0.6) is 5.75 Å². The van der Waals surface area contributed by atoms with E-state index >= 15 is 0 Å². The number of ether oxygens (including phenoxy) is 1. The predicted molar refractivity (Wildman–Crippen MR) is 77.8 cm³/mol. The van der Waals surface area contributed by atoms with Gasteiger partial charge in [0.05, 0.1) is 18.9 Å². The fraction of sp³-hybridized carbons (Fsp3) is 0.500. The maximum atomic E-state index is 8.64. The first-order chi connectivity index (χ1) is 8.48. The van der Waals surface area contributed by atoms with Crippen molar-refractivity contribution in [2.24, 2.45) is 5.41 Å². The first-order valence-electron chi connectivity index (χ1n) is 5.93. The van der Waals surface area contributed by atoms with E-state index in [-0.39, 0.29) is 5.41 Å². The first-order valence-corrected chi connectivity index (χ1v) is 6.72. The molecule has 18 heavy (non-hydrogen) atoms. The maximum Gasteiger partial charge on any atom is 0.142 e. The van der Waals surface area contributed by atoms with Gasteiger partial charge in [-0.1, -0.05) is 29.8 Å². The van der Waals surface area contributed by atoms with Crippen LogP contribution < -0.4 is 10.1 Å². The van der Waals surface area contributed by atoms with E-state index in [1.165, 1.54) is 0 Å². The van der Waals surface area contributed by atoms with Crippen molar-refractivity contribution < 1.29 is 4.74 Å². The molecule has 0 aliphatic carbocycles. The lowest BCUT2D eigenvalue weighted by atomic mass is 9.88. The van der Waals surface area contributed by atoms with Crippen LogP contribution in [0.2, 0.25) is 0 Å². The molecule has 4 heteroatoms. The second-order valence-electron chi connectivity index (χ2n) is 5.02. The molecule has 0 spiro atoms. The topological polar surface area (TPSA) is 45.0 Å². The smallest absolute Gasteiger partial charge is 0.142 e. The highest BCUT2D eigenvalue weighted by molar-refractivity contribution is 9.10. The monoisotopic (exact) mass is 310 g/mol. The van der Waals surface area contributed by atoms with Crippen LogP contribution in [0.1, 0.15) is 26.7 Å². The molecular formula is C14H19BrN2O. The summed E-state index contributed by atoms with van der Waals surface area (Å²) in [7, 11) is 1.66. The van der Waals surface area contributed by atoms with Gasteiger partial charge < -0.3 is 10.1 Å². The number of nitriles is 1. The molecule has 1 aromatic carbocycles. The molecule has 0 heterocycles. The summed E-state index contributed by atoms with van der Waals surface area (Å²) in [6, 6.07) is 8.07. The normalized spacial score (nSPS) is 10.8. The van der Waals surface area contributed by atoms with Gasteiger partial charge in [0.1, 0.15) is 5.75 Å². The Balaban J connectivity index is 2.68. The molecule has 0 aliphatic heterocycles. The third kappa shape index (κ3) is 4.58. The summed E-state index contributed by atoms with van der Waals surface area (Å²) in [5.74, 6) is 0.828. The first kappa shape index (κ1) is 14.8. The third-order valence-electron chi connectivity index (χ3n) is 2.83. The average Bonchev–Trinajstić information content (AvgIpc) is 2.34. The summed E-state index contributed by atoms with van der Waals surface area (Å²) >= 11 is 3.45. The molecule has 0 atom stereocenters. The highest BCUT2D eigenvalue weighted by Crippen LogP contribution is 2.30. The van der Waals surface area contributed by atoms with Crippen LogP contribution in [0.15, 0.2) is 22.7 Å². The Labute approximate surface area is 117 Å². The zero-order valence-corrected chi connectivity index (χ0v) is 12.7. The van der Waals surface area contributed by atoms with Crippen LogP contribution in [0, 0.1) is 16.7 Å². The Morgan fingerprint density at radius 2 is 2.17 bits per heavy atom. The molecule has 0 amide bonds. The quantitative estimate of drug-likeness (QED) is 0.856. The van der Waals surface area contributed by atoms with E-state index in [1.807, 2.05) is 18.2 Å². The molecule has 1 aromatic rings. The predicted octanol–water partition coefficient (Wildman–Crippen LogP) is 4.20. The number of benzene rings is 1. The number of anilines is 1. The maximum absolute atomic E-state index is 8.64. The highest BCUT2D eigenvalue weighted by Gasteiger charge is 2.17.